The van der Waals surface area contributed by atoms with Gasteiger partial charge in [-0.05, 0) is 36.8 Å². The van der Waals surface area contributed by atoms with Gasteiger partial charge in [-0.2, -0.15) is 0 Å². The Kier molecular flexibility index (Phi) is 4.79. The van der Waals surface area contributed by atoms with Gasteiger partial charge >= 0.3 is 0 Å². The Hall–Kier alpha value is -1.94. The highest BCUT2D eigenvalue weighted by Crippen LogP contribution is 2.32. The van der Waals surface area contributed by atoms with Gasteiger partial charge in [-0.15, -0.1) is 0 Å². The topological polar surface area (TPSA) is 47.0 Å². The van der Waals surface area contributed by atoms with Crippen LogP contribution in [0.1, 0.15) is 36.5 Å². The molecule has 1 aromatic carbocycles. The van der Waals surface area contributed by atoms with Gasteiger partial charge in [0.05, 0.1) is 12.3 Å². The van der Waals surface area contributed by atoms with Crippen LogP contribution < -0.4 is 5.32 Å². The highest BCUT2D eigenvalue weighted by Gasteiger charge is 2.19. The number of anilines is 1. The fourth-order valence-electron chi connectivity index (χ4n) is 2.79. The fraction of sp³-hybridized carbons (Fsp3) is 0.412. The first kappa shape index (κ1) is 14.0. The minimum Gasteiger partial charge on any atom is -0.373 e. The van der Waals surface area contributed by atoms with Crippen LogP contribution in [0.15, 0.2) is 42.9 Å². The maximum Gasteiger partial charge on any atom is 0.144 e. The maximum atomic E-state index is 6.07. The first-order valence-electron chi connectivity index (χ1n) is 7.63. The summed E-state index contributed by atoms with van der Waals surface area (Å²) < 4.78 is 6.07. The second kappa shape index (κ2) is 7.18. The molecule has 0 radical (unpaired) electrons. The minimum atomic E-state index is 0.270. The van der Waals surface area contributed by atoms with Crippen LogP contribution in [0.2, 0.25) is 0 Å². The molecular formula is C17H21N3O. The van der Waals surface area contributed by atoms with Gasteiger partial charge in [0, 0.05) is 25.5 Å². The molecule has 3 rings (SSSR count). The lowest BCUT2D eigenvalue weighted by atomic mass is 9.89. The summed E-state index contributed by atoms with van der Waals surface area (Å²) in [5.74, 6) is 0.820. The predicted octanol–water partition coefficient (Wildman–Crippen LogP) is 3.37. The Labute approximate surface area is 125 Å². The fourth-order valence-corrected chi connectivity index (χ4v) is 2.79. The van der Waals surface area contributed by atoms with Crippen molar-refractivity contribution in [1.82, 2.24) is 9.97 Å². The summed E-state index contributed by atoms with van der Waals surface area (Å²) in [6, 6.07) is 8.65. The molecule has 1 aliphatic rings. The van der Waals surface area contributed by atoms with E-state index in [1.54, 1.807) is 18.6 Å². The molecule has 0 fully saturated rings. The molecule has 0 aliphatic heterocycles. The number of benzene rings is 1. The summed E-state index contributed by atoms with van der Waals surface area (Å²) in [7, 11) is 0. The van der Waals surface area contributed by atoms with Gasteiger partial charge in [-0.1, -0.05) is 24.3 Å². The molecule has 1 N–H and O–H groups in total. The van der Waals surface area contributed by atoms with Crippen molar-refractivity contribution in [1.29, 1.82) is 0 Å². The monoisotopic (exact) mass is 283 g/mol. The summed E-state index contributed by atoms with van der Waals surface area (Å²) >= 11 is 0. The van der Waals surface area contributed by atoms with Crippen LogP contribution >= 0.6 is 0 Å². The van der Waals surface area contributed by atoms with Gasteiger partial charge in [0.2, 0.25) is 0 Å². The minimum absolute atomic E-state index is 0.270. The average Bonchev–Trinajstić information content (AvgIpc) is 2.56. The van der Waals surface area contributed by atoms with Crippen LogP contribution in [-0.2, 0) is 11.2 Å². The Bertz CT molecular complexity index is 559. The van der Waals surface area contributed by atoms with E-state index in [0.29, 0.717) is 0 Å². The third-order valence-corrected chi connectivity index (χ3v) is 3.82. The van der Waals surface area contributed by atoms with Crippen molar-refractivity contribution in [2.75, 3.05) is 18.5 Å². The van der Waals surface area contributed by atoms with Crippen LogP contribution in [0.3, 0.4) is 0 Å². The molecule has 0 saturated heterocycles. The van der Waals surface area contributed by atoms with E-state index in [2.05, 4.69) is 39.6 Å². The number of nitrogens with one attached hydrogen (secondary N) is 1. The molecule has 1 unspecified atom stereocenters. The van der Waals surface area contributed by atoms with Crippen molar-refractivity contribution < 1.29 is 4.74 Å². The van der Waals surface area contributed by atoms with Crippen molar-refractivity contribution in [3.8, 4) is 0 Å². The summed E-state index contributed by atoms with van der Waals surface area (Å²) in [6.45, 7) is 1.62. The van der Waals surface area contributed by atoms with Crippen molar-refractivity contribution >= 4 is 5.82 Å². The SMILES string of the molecule is c1ccc2c(c1)CCCC2OCCCNc1cnccn1. The quantitative estimate of drug-likeness (QED) is 0.826. The summed E-state index contributed by atoms with van der Waals surface area (Å²) in [5.41, 5.74) is 2.83. The van der Waals surface area contributed by atoms with E-state index in [0.717, 1.165) is 31.8 Å². The molecule has 21 heavy (non-hydrogen) atoms. The second-order valence-electron chi connectivity index (χ2n) is 5.32. The smallest absolute Gasteiger partial charge is 0.144 e. The predicted molar refractivity (Wildman–Crippen MR) is 83.2 cm³/mol. The van der Waals surface area contributed by atoms with Crippen LogP contribution in [0.25, 0.3) is 0 Å². The maximum absolute atomic E-state index is 6.07. The molecule has 1 aliphatic carbocycles. The van der Waals surface area contributed by atoms with Gasteiger partial charge in [-0.25, -0.2) is 4.98 Å². The molecule has 1 heterocycles. The Balaban J connectivity index is 1.42. The molecule has 110 valence electrons. The second-order valence-corrected chi connectivity index (χ2v) is 5.32. The molecule has 1 atom stereocenters. The van der Waals surface area contributed by atoms with E-state index in [1.807, 2.05) is 0 Å². The first-order valence-corrected chi connectivity index (χ1v) is 7.63. The Morgan fingerprint density at radius 1 is 1.24 bits per heavy atom. The van der Waals surface area contributed by atoms with E-state index < -0.39 is 0 Å². The van der Waals surface area contributed by atoms with Gasteiger partial charge in [0.15, 0.2) is 0 Å². The number of nitrogens with zero attached hydrogens (tertiary/aromatic N) is 2. The highest BCUT2D eigenvalue weighted by molar-refractivity contribution is 5.31. The van der Waals surface area contributed by atoms with Gasteiger partial charge in [0.25, 0.3) is 0 Å². The van der Waals surface area contributed by atoms with Gasteiger partial charge in [0.1, 0.15) is 5.82 Å². The van der Waals surface area contributed by atoms with E-state index in [-0.39, 0.29) is 6.10 Å². The van der Waals surface area contributed by atoms with Crippen LogP contribution in [0.4, 0.5) is 5.82 Å². The number of ether oxygens (including phenoxy) is 1. The van der Waals surface area contributed by atoms with E-state index in [9.17, 15) is 0 Å². The van der Waals surface area contributed by atoms with E-state index in [4.69, 9.17) is 4.74 Å². The number of aryl methyl sites for hydroxylation is 1. The first-order chi connectivity index (χ1) is 10.4. The number of aromatic nitrogens is 2. The molecule has 2 aromatic rings. The molecular weight excluding hydrogens is 262 g/mol. The summed E-state index contributed by atoms with van der Waals surface area (Å²) in [5, 5.41) is 3.25. The van der Waals surface area contributed by atoms with Gasteiger partial charge < -0.3 is 10.1 Å². The summed E-state index contributed by atoms with van der Waals surface area (Å²) in [6.07, 6.45) is 9.88. The summed E-state index contributed by atoms with van der Waals surface area (Å²) in [4.78, 5) is 8.21. The highest BCUT2D eigenvalue weighted by atomic mass is 16.5. The lowest BCUT2D eigenvalue weighted by molar-refractivity contribution is 0.0406. The molecule has 0 saturated carbocycles. The zero-order valence-electron chi connectivity index (χ0n) is 12.2. The lowest BCUT2D eigenvalue weighted by Crippen LogP contribution is -2.15. The van der Waals surface area contributed by atoms with E-state index >= 15 is 0 Å². The normalized spacial score (nSPS) is 17.2. The van der Waals surface area contributed by atoms with Gasteiger partial charge in [-0.3, -0.25) is 4.98 Å². The molecule has 0 bridgehead atoms. The number of fused-ring (bicyclic) bond motifs is 1. The van der Waals surface area contributed by atoms with Crippen LogP contribution in [0.5, 0.6) is 0 Å². The van der Waals surface area contributed by atoms with Crippen molar-refractivity contribution in [3.05, 3.63) is 54.0 Å². The lowest BCUT2D eigenvalue weighted by Gasteiger charge is -2.25. The third kappa shape index (κ3) is 3.79. The Morgan fingerprint density at radius 2 is 2.19 bits per heavy atom. The molecule has 4 heteroatoms. The number of hydrogen-bond acceptors (Lipinski definition) is 4. The average molecular weight is 283 g/mol. The standard InChI is InChI=1S/C17H21N3O/c1-2-7-15-14(5-1)6-3-8-16(15)21-12-4-9-19-17-13-18-10-11-20-17/h1-2,5,7,10-11,13,16H,3-4,6,8-9,12H2,(H,19,20). The largest absolute Gasteiger partial charge is 0.373 e. The number of rotatable bonds is 6. The van der Waals surface area contributed by atoms with Crippen molar-refractivity contribution in [2.45, 2.75) is 31.8 Å². The van der Waals surface area contributed by atoms with Crippen molar-refractivity contribution in [2.24, 2.45) is 0 Å². The molecule has 1 aromatic heterocycles. The zero-order chi connectivity index (χ0) is 14.3. The third-order valence-electron chi connectivity index (χ3n) is 3.82. The van der Waals surface area contributed by atoms with Crippen LogP contribution in [0, 0.1) is 0 Å². The Morgan fingerprint density at radius 3 is 3.10 bits per heavy atom. The number of hydrogen-bond donors (Lipinski definition) is 1. The molecule has 4 nitrogen and oxygen atoms in total. The molecule has 0 spiro atoms. The van der Waals surface area contributed by atoms with Crippen LogP contribution in [-0.4, -0.2) is 23.1 Å². The molecule has 0 amide bonds. The van der Waals surface area contributed by atoms with Crippen molar-refractivity contribution in [3.63, 3.8) is 0 Å². The zero-order valence-corrected chi connectivity index (χ0v) is 12.2. The van der Waals surface area contributed by atoms with E-state index in [1.165, 1.54) is 24.0 Å².